The number of likely N-dealkylation sites (tertiary alicyclic amines) is 1. The molecule has 0 saturated carbocycles. The van der Waals surface area contributed by atoms with Gasteiger partial charge in [0, 0.05) is 25.1 Å². The summed E-state index contributed by atoms with van der Waals surface area (Å²) in [7, 11) is 0. The highest BCUT2D eigenvalue weighted by Crippen LogP contribution is 2.29. The number of nitrogens with zero attached hydrogens (tertiary/aromatic N) is 3. The molecule has 0 bridgehead atoms. The molecule has 1 saturated heterocycles. The van der Waals surface area contributed by atoms with Gasteiger partial charge in [-0.1, -0.05) is 23.4 Å². The molecule has 6 heteroatoms. The summed E-state index contributed by atoms with van der Waals surface area (Å²) in [6.07, 6.45) is 0.415. The van der Waals surface area contributed by atoms with Gasteiger partial charge in [0.05, 0.1) is 12.5 Å². The molecule has 2 heterocycles. The molecule has 0 radical (unpaired) electrons. The molecule has 1 atom stereocenters. The molecule has 22 heavy (non-hydrogen) atoms. The molecule has 0 spiro atoms. The number of aromatic nitrogens is 2. The Bertz CT molecular complexity index is 668. The molecule has 1 aliphatic heterocycles. The first-order valence-electron chi connectivity index (χ1n) is 7.46. The quantitative estimate of drug-likeness (QED) is 0.847. The molecule has 1 aromatic heterocycles. The molecule has 1 amide bonds. The molecular formula is C16H19N3O3. The first-order valence-corrected chi connectivity index (χ1v) is 7.46. The summed E-state index contributed by atoms with van der Waals surface area (Å²) >= 11 is 0. The standard InChI is InChI=1S/C16H19N3O3/c1-3-21-14-7-5-4-6-12(14)9-19-10-13(8-15(19)20)16-17-11(2)18-22-16/h4-7,13H,3,8-10H2,1-2H3. The molecular weight excluding hydrogens is 282 g/mol. The van der Waals surface area contributed by atoms with Crippen molar-refractivity contribution >= 4 is 5.91 Å². The van der Waals surface area contributed by atoms with E-state index in [2.05, 4.69) is 10.1 Å². The Morgan fingerprint density at radius 1 is 1.41 bits per heavy atom. The van der Waals surface area contributed by atoms with Crippen molar-refractivity contribution < 1.29 is 14.1 Å². The fourth-order valence-electron chi connectivity index (χ4n) is 2.71. The fraction of sp³-hybridized carbons (Fsp3) is 0.438. The highest BCUT2D eigenvalue weighted by molar-refractivity contribution is 5.79. The van der Waals surface area contributed by atoms with Crippen LogP contribution in [0.5, 0.6) is 5.75 Å². The van der Waals surface area contributed by atoms with E-state index >= 15 is 0 Å². The van der Waals surface area contributed by atoms with Gasteiger partial charge in [-0.15, -0.1) is 0 Å². The van der Waals surface area contributed by atoms with Crippen LogP contribution in [0.4, 0.5) is 0 Å². The average Bonchev–Trinajstić information content (AvgIpc) is 3.08. The van der Waals surface area contributed by atoms with E-state index in [0.717, 1.165) is 11.3 Å². The van der Waals surface area contributed by atoms with Crippen molar-refractivity contribution in [2.45, 2.75) is 32.7 Å². The Morgan fingerprint density at radius 2 is 2.23 bits per heavy atom. The van der Waals surface area contributed by atoms with Crippen LogP contribution in [-0.4, -0.2) is 34.1 Å². The number of benzene rings is 1. The van der Waals surface area contributed by atoms with Crippen LogP contribution in [0, 0.1) is 6.92 Å². The van der Waals surface area contributed by atoms with Crippen molar-refractivity contribution in [1.82, 2.24) is 15.0 Å². The zero-order valence-electron chi connectivity index (χ0n) is 12.8. The van der Waals surface area contributed by atoms with Crippen molar-refractivity contribution in [2.24, 2.45) is 0 Å². The van der Waals surface area contributed by atoms with Crippen LogP contribution in [-0.2, 0) is 11.3 Å². The average molecular weight is 301 g/mol. The topological polar surface area (TPSA) is 68.5 Å². The SMILES string of the molecule is CCOc1ccccc1CN1CC(c2nc(C)no2)CC1=O. The minimum atomic E-state index is -0.0204. The summed E-state index contributed by atoms with van der Waals surface area (Å²) in [4.78, 5) is 18.3. The minimum Gasteiger partial charge on any atom is -0.494 e. The van der Waals surface area contributed by atoms with E-state index in [0.29, 0.717) is 37.8 Å². The largest absolute Gasteiger partial charge is 0.494 e. The molecule has 0 aliphatic carbocycles. The van der Waals surface area contributed by atoms with Crippen LogP contribution >= 0.6 is 0 Å². The Morgan fingerprint density at radius 3 is 2.95 bits per heavy atom. The number of hydrogen-bond donors (Lipinski definition) is 0. The van der Waals surface area contributed by atoms with E-state index < -0.39 is 0 Å². The van der Waals surface area contributed by atoms with E-state index in [9.17, 15) is 4.79 Å². The fourth-order valence-corrected chi connectivity index (χ4v) is 2.71. The Kier molecular flexibility index (Phi) is 4.09. The second-order valence-electron chi connectivity index (χ2n) is 5.40. The number of carbonyl (C=O) groups is 1. The molecule has 116 valence electrons. The lowest BCUT2D eigenvalue weighted by atomic mass is 10.1. The van der Waals surface area contributed by atoms with Gasteiger partial charge in [0.2, 0.25) is 11.8 Å². The third kappa shape index (κ3) is 2.95. The second kappa shape index (κ2) is 6.17. The number of carbonyl (C=O) groups excluding carboxylic acids is 1. The summed E-state index contributed by atoms with van der Waals surface area (Å²) in [6.45, 7) is 5.47. The predicted molar refractivity (Wildman–Crippen MR) is 79.4 cm³/mol. The maximum absolute atomic E-state index is 12.2. The highest BCUT2D eigenvalue weighted by atomic mass is 16.5. The molecule has 1 aliphatic rings. The van der Waals surface area contributed by atoms with E-state index in [-0.39, 0.29) is 11.8 Å². The maximum atomic E-state index is 12.2. The number of ether oxygens (including phenoxy) is 1. The number of aryl methyl sites for hydroxylation is 1. The van der Waals surface area contributed by atoms with Crippen molar-refractivity contribution in [3.63, 3.8) is 0 Å². The van der Waals surface area contributed by atoms with Crippen molar-refractivity contribution in [1.29, 1.82) is 0 Å². The summed E-state index contributed by atoms with van der Waals surface area (Å²) < 4.78 is 10.8. The highest BCUT2D eigenvalue weighted by Gasteiger charge is 2.34. The summed E-state index contributed by atoms with van der Waals surface area (Å²) in [6, 6.07) is 7.81. The molecule has 6 nitrogen and oxygen atoms in total. The van der Waals surface area contributed by atoms with Gasteiger partial charge in [0.15, 0.2) is 5.82 Å². The molecule has 3 rings (SSSR count). The molecule has 1 aromatic carbocycles. The lowest BCUT2D eigenvalue weighted by molar-refractivity contribution is -0.128. The van der Waals surface area contributed by atoms with Crippen LogP contribution in [0.1, 0.15) is 36.5 Å². The Hall–Kier alpha value is -2.37. The maximum Gasteiger partial charge on any atom is 0.232 e. The molecule has 0 N–H and O–H groups in total. The molecule has 1 fully saturated rings. The third-order valence-corrected chi connectivity index (χ3v) is 3.74. The summed E-state index contributed by atoms with van der Waals surface area (Å²) in [5.74, 6) is 2.06. The van der Waals surface area contributed by atoms with Gasteiger partial charge < -0.3 is 14.2 Å². The number of para-hydroxylation sites is 1. The predicted octanol–water partition coefficient (Wildman–Crippen LogP) is 2.29. The van der Waals surface area contributed by atoms with Gasteiger partial charge in [-0.05, 0) is 19.9 Å². The Labute approximate surface area is 129 Å². The summed E-state index contributed by atoms with van der Waals surface area (Å²) in [5, 5.41) is 3.80. The van der Waals surface area contributed by atoms with Gasteiger partial charge >= 0.3 is 0 Å². The Balaban J connectivity index is 1.72. The zero-order chi connectivity index (χ0) is 15.5. The molecule has 2 aromatic rings. The van der Waals surface area contributed by atoms with Crippen LogP contribution in [0.3, 0.4) is 0 Å². The van der Waals surface area contributed by atoms with Crippen LogP contribution in [0.2, 0.25) is 0 Å². The first-order chi connectivity index (χ1) is 10.7. The first kappa shape index (κ1) is 14.6. The smallest absolute Gasteiger partial charge is 0.232 e. The van der Waals surface area contributed by atoms with E-state index in [1.165, 1.54) is 0 Å². The van der Waals surface area contributed by atoms with Gasteiger partial charge in [-0.3, -0.25) is 4.79 Å². The van der Waals surface area contributed by atoms with E-state index in [1.807, 2.05) is 36.1 Å². The van der Waals surface area contributed by atoms with Gasteiger partial charge in [0.25, 0.3) is 0 Å². The monoisotopic (exact) mass is 301 g/mol. The minimum absolute atomic E-state index is 0.0204. The van der Waals surface area contributed by atoms with Gasteiger partial charge in [0.1, 0.15) is 5.75 Å². The molecule has 1 unspecified atom stereocenters. The summed E-state index contributed by atoms with van der Waals surface area (Å²) in [5.41, 5.74) is 1.01. The lowest BCUT2D eigenvalue weighted by Gasteiger charge is -2.18. The zero-order valence-corrected chi connectivity index (χ0v) is 12.8. The van der Waals surface area contributed by atoms with E-state index in [4.69, 9.17) is 9.26 Å². The van der Waals surface area contributed by atoms with Gasteiger partial charge in [-0.2, -0.15) is 4.98 Å². The second-order valence-corrected chi connectivity index (χ2v) is 5.40. The normalized spacial score (nSPS) is 18.0. The van der Waals surface area contributed by atoms with E-state index in [1.54, 1.807) is 6.92 Å². The van der Waals surface area contributed by atoms with Gasteiger partial charge in [-0.25, -0.2) is 0 Å². The number of rotatable bonds is 5. The third-order valence-electron chi connectivity index (χ3n) is 3.74. The van der Waals surface area contributed by atoms with Crippen molar-refractivity contribution in [2.75, 3.05) is 13.2 Å². The van der Waals surface area contributed by atoms with Crippen molar-refractivity contribution in [3.05, 3.63) is 41.5 Å². The van der Waals surface area contributed by atoms with Crippen LogP contribution in [0.15, 0.2) is 28.8 Å². The number of hydrogen-bond acceptors (Lipinski definition) is 5. The van der Waals surface area contributed by atoms with Crippen molar-refractivity contribution in [3.8, 4) is 5.75 Å². The lowest BCUT2D eigenvalue weighted by Crippen LogP contribution is -2.24. The van der Waals surface area contributed by atoms with Crippen LogP contribution in [0.25, 0.3) is 0 Å². The number of amides is 1. The van der Waals surface area contributed by atoms with Crippen LogP contribution < -0.4 is 4.74 Å².